The summed E-state index contributed by atoms with van der Waals surface area (Å²) in [5, 5.41) is 4.42. The highest BCUT2D eigenvalue weighted by Gasteiger charge is 2.15. The fraction of sp³-hybridized carbons (Fsp3) is 0.278. The van der Waals surface area contributed by atoms with Gasteiger partial charge in [0, 0.05) is 25.2 Å². The van der Waals surface area contributed by atoms with E-state index in [2.05, 4.69) is 15.1 Å². The van der Waals surface area contributed by atoms with Crippen molar-refractivity contribution in [3.63, 3.8) is 0 Å². The average Bonchev–Trinajstić information content (AvgIpc) is 2.95. The van der Waals surface area contributed by atoms with Crippen LogP contribution in [0.15, 0.2) is 40.1 Å². The lowest BCUT2D eigenvalue weighted by atomic mass is 10.1. The Labute approximate surface area is 154 Å². The van der Waals surface area contributed by atoms with Gasteiger partial charge in [0.2, 0.25) is 5.91 Å². The van der Waals surface area contributed by atoms with E-state index in [9.17, 15) is 14.4 Å². The summed E-state index contributed by atoms with van der Waals surface area (Å²) >= 11 is 0. The van der Waals surface area contributed by atoms with Gasteiger partial charge >= 0.3 is 5.69 Å². The quantitative estimate of drug-likeness (QED) is 0.633. The summed E-state index contributed by atoms with van der Waals surface area (Å²) in [4.78, 5) is 40.9. The molecule has 1 aromatic carbocycles. The van der Waals surface area contributed by atoms with Gasteiger partial charge in [0.1, 0.15) is 5.82 Å². The van der Waals surface area contributed by atoms with E-state index in [1.165, 1.54) is 16.8 Å². The van der Waals surface area contributed by atoms with Crippen molar-refractivity contribution in [2.24, 2.45) is 5.73 Å². The second-order valence-electron chi connectivity index (χ2n) is 6.34. The lowest BCUT2D eigenvalue weighted by Crippen LogP contribution is -2.29. The zero-order chi connectivity index (χ0) is 19.6. The summed E-state index contributed by atoms with van der Waals surface area (Å²) in [6.45, 7) is 4.27. The molecule has 1 amide bonds. The summed E-state index contributed by atoms with van der Waals surface area (Å²) in [5.41, 5.74) is 7.30. The maximum absolute atomic E-state index is 11.9. The zero-order valence-electron chi connectivity index (χ0n) is 15.1. The highest BCUT2D eigenvalue weighted by Crippen LogP contribution is 2.17. The molecule has 0 aliphatic heterocycles. The number of primary amides is 1. The van der Waals surface area contributed by atoms with E-state index in [4.69, 9.17) is 5.73 Å². The zero-order valence-corrected chi connectivity index (χ0v) is 15.1. The van der Waals surface area contributed by atoms with Crippen LogP contribution in [0, 0.1) is 13.8 Å². The molecular weight excluding hydrogens is 348 g/mol. The standard InChI is InChI=1S/C18H20N6O3/c1-11-3-4-13(12(2)9-11)24-16(20-15(22-24)10-14(19)25)5-7-23-8-6-17(26)21-18(23)27/h3-4,6,8-9H,5,7,10H2,1-2H3,(H2,19,25)(H,21,26,27). The molecule has 0 unspecified atom stereocenters. The van der Waals surface area contributed by atoms with Crippen LogP contribution < -0.4 is 17.0 Å². The molecule has 0 atom stereocenters. The van der Waals surface area contributed by atoms with Crippen LogP contribution in [0.2, 0.25) is 0 Å². The Morgan fingerprint density at radius 3 is 2.67 bits per heavy atom. The lowest BCUT2D eigenvalue weighted by Gasteiger charge is -2.10. The molecule has 3 aromatic rings. The number of rotatable bonds is 6. The van der Waals surface area contributed by atoms with Crippen LogP contribution in [0.5, 0.6) is 0 Å². The number of carbonyl (C=O) groups is 1. The molecule has 3 N–H and O–H groups in total. The Morgan fingerprint density at radius 2 is 2.00 bits per heavy atom. The Morgan fingerprint density at radius 1 is 1.22 bits per heavy atom. The SMILES string of the molecule is Cc1ccc(-n2nc(CC(N)=O)nc2CCn2ccc(=O)[nH]c2=O)c(C)c1. The molecule has 0 saturated heterocycles. The second kappa shape index (κ2) is 7.40. The highest BCUT2D eigenvalue weighted by molar-refractivity contribution is 5.75. The van der Waals surface area contributed by atoms with Crippen LogP contribution in [0.25, 0.3) is 5.69 Å². The summed E-state index contributed by atoms with van der Waals surface area (Å²) in [6, 6.07) is 7.22. The van der Waals surface area contributed by atoms with Gasteiger partial charge in [-0.1, -0.05) is 17.7 Å². The Kier molecular flexibility index (Phi) is 5.02. The van der Waals surface area contributed by atoms with Gasteiger partial charge in [-0.05, 0) is 25.5 Å². The molecule has 3 rings (SSSR count). The number of hydrogen-bond donors (Lipinski definition) is 2. The number of nitrogens with one attached hydrogen (secondary N) is 1. The molecule has 0 bridgehead atoms. The summed E-state index contributed by atoms with van der Waals surface area (Å²) in [5.74, 6) is 0.402. The van der Waals surface area contributed by atoms with E-state index < -0.39 is 17.2 Å². The Bertz CT molecular complexity index is 1110. The average molecular weight is 368 g/mol. The number of aromatic nitrogens is 5. The molecule has 9 heteroatoms. The van der Waals surface area contributed by atoms with Crippen LogP contribution >= 0.6 is 0 Å². The van der Waals surface area contributed by atoms with Crippen LogP contribution in [0.1, 0.15) is 22.8 Å². The predicted molar refractivity (Wildman–Crippen MR) is 98.8 cm³/mol. The molecule has 140 valence electrons. The number of benzene rings is 1. The molecule has 2 aromatic heterocycles. The van der Waals surface area contributed by atoms with Gasteiger partial charge in [-0.3, -0.25) is 14.6 Å². The smallest absolute Gasteiger partial charge is 0.328 e. The molecule has 9 nitrogen and oxygen atoms in total. The summed E-state index contributed by atoms with van der Waals surface area (Å²) in [6.07, 6.45) is 1.75. The fourth-order valence-corrected chi connectivity index (χ4v) is 2.86. The van der Waals surface area contributed by atoms with Gasteiger partial charge in [0.25, 0.3) is 5.56 Å². The van der Waals surface area contributed by atoms with Gasteiger partial charge in [-0.15, -0.1) is 0 Å². The Hall–Kier alpha value is -3.49. The molecule has 2 heterocycles. The van der Waals surface area contributed by atoms with Crippen molar-refractivity contribution in [3.05, 3.63) is 74.1 Å². The molecular formula is C18H20N6O3. The molecule has 0 spiro atoms. The topological polar surface area (TPSA) is 129 Å². The number of aromatic amines is 1. The van der Waals surface area contributed by atoms with Crippen molar-refractivity contribution in [2.45, 2.75) is 33.2 Å². The third-order valence-electron chi connectivity index (χ3n) is 4.10. The number of nitrogens with zero attached hydrogens (tertiary/aromatic N) is 4. The van der Waals surface area contributed by atoms with Crippen molar-refractivity contribution in [2.75, 3.05) is 0 Å². The number of hydrogen-bond acceptors (Lipinski definition) is 5. The third kappa shape index (κ3) is 4.20. The van der Waals surface area contributed by atoms with E-state index in [0.717, 1.165) is 16.8 Å². The van der Waals surface area contributed by atoms with E-state index >= 15 is 0 Å². The maximum Gasteiger partial charge on any atom is 0.328 e. The van der Waals surface area contributed by atoms with Crippen molar-refractivity contribution in [3.8, 4) is 5.69 Å². The first kappa shape index (κ1) is 18.3. The monoisotopic (exact) mass is 368 g/mol. The molecule has 0 saturated carbocycles. The van der Waals surface area contributed by atoms with Crippen LogP contribution in [-0.2, 0) is 24.2 Å². The van der Waals surface area contributed by atoms with Crippen LogP contribution in [-0.4, -0.2) is 30.2 Å². The number of nitrogens with two attached hydrogens (primary N) is 1. The lowest BCUT2D eigenvalue weighted by molar-refractivity contribution is -0.117. The van der Waals surface area contributed by atoms with Gasteiger partial charge in [0.05, 0.1) is 12.1 Å². The van der Waals surface area contributed by atoms with Crippen LogP contribution in [0.3, 0.4) is 0 Å². The largest absolute Gasteiger partial charge is 0.369 e. The highest BCUT2D eigenvalue weighted by atomic mass is 16.2. The molecule has 0 radical (unpaired) electrons. The number of aryl methyl sites for hydroxylation is 4. The van der Waals surface area contributed by atoms with Gasteiger partial charge < -0.3 is 10.3 Å². The minimum atomic E-state index is -0.517. The van der Waals surface area contributed by atoms with Crippen molar-refractivity contribution in [1.29, 1.82) is 0 Å². The first-order valence-corrected chi connectivity index (χ1v) is 8.44. The number of H-pyrrole nitrogens is 1. The molecule has 0 aliphatic rings. The number of amides is 1. The van der Waals surface area contributed by atoms with Gasteiger partial charge in [-0.25, -0.2) is 14.5 Å². The van der Waals surface area contributed by atoms with E-state index in [0.29, 0.717) is 24.6 Å². The molecule has 0 aliphatic carbocycles. The van der Waals surface area contributed by atoms with E-state index in [1.807, 2.05) is 32.0 Å². The second-order valence-corrected chi connectivity index (χ2v) is 6.34. The van der Waals surface area contributed by atoms with Gasteiger partial charge in [0.15, 0.2) is 5.82 Å². The van der Waals surface area contributed by atoms with E-state index in [-0.39, 0.29) is 6.42 Å². The normalized spacial score (nSPS) is 10.9. The van der Waals surface area contributed by atoms with Crippen molar-refractivity contribution in [1.82, 2.24) is 24.3 Å². The minimum Gasteiger partial charge on any atom is -0.369 e. The molecule has 27 heavy (non-hydrogen) atoms. The van der Waals surface area contributed by atoms with Crippen LogP contribution in [0.4, 0.5) is 0 Å². The van der Waals surface area contributed by atoms with Gasteiger partial charge in [-0.2, -0.15) is 5.10 Å². The number of carbonyl (C=O) groups excluding carboxylic acids is 1. The van der Waals surface area contributed by atoms with Crippen molar-refractivity contribution < 1.29 is 4.79 Å². The first-order valence-electron chi connectivity index (χ1n) is 8.44. The summed E-state index contributed by atoms with van der Waals surface area (Å²) < 4.78 is 3.06. The van der Waals surface area contributed by atoms with Crippen molar-refractivity contribution >= 4 is 5.91 Å². The predicted octanol–water partition coefficient (Wildman–Crippen LogP) is 0.00464. The molecule has 0 fully saturated rings. The third-order valence-corrected chi connectivity index (χ3v) is 4.10. The Balaban J connectivity index is 1.97. The summed E-state index contributed by atoms with van der Waals surface area (Å²) in [7, 11) is 0. The maximum atomic E-state index is 11.9. The fourth-order valence-electron chi connectivity index (χ4n) is 2.86. The first-order chi connectivity index (χ1) is 12.8. The minimum absolute atomic E-state index is 0.0660. The van der Waals surface area contributed by atoms with E-state index in [1.54, 1.807) is 4.68 Å².